The van der Waals surface area contributed by atoms with Crippen molar-refractivity contribution < 1.29 is 18.0 Å². The van der Waals surface area contributed by atoms with Crippen LogP contribution < -0.4 is 5.32 Å². The van der Waals surface area contributed by atoms with E-state index in [1.54, 1.807) is 11.6 Å². The Labute approximate surface area is 138 Å². The van der Waals surface area contributed by atoms with E-state index in [2.05, 4.69) is 15.4 Å². The van der Waals surface area contributed by atoms with Gasteiger partial charge in [-0.3, -0.25) is 9.48 Å². The molecule has 1 atom stereocenters. The molecule has 5 nitrogen and oxygen atoms in total. The van der Waals surface area contributed by atoms with Gasteiger partial charge in [-0.1, -0.05) is 0 Å². The summed E-state index contributed by atoms with van der Waals surface area (Å²) in [4.78, 5) is 14.2. The Balaban J connectivity index is 2.15. The van der Waals surface area contributed by atoms with Gasteiger partial charge in [-0.25, -0.2) is 0 Å². The summed E-state index contributed by atoms with van der Waals surface area (Å²) in [6, 6.07) is 0.422. The Bertz CT molecular complexity index is 737. The summed E-state index contributed by atoms with van der Waals surface area (Å²) in [5.74, 6) is -0.572. The minimum Gasteiger partial charge on any atom is -0.357 e. The lowest BCUT2D eigenvalue weighted by atomic mass is 10.1. The van der Waals surface area contributed by atoms with Gasteiger partial charge in [0.15, 0.2) is 0 Å². The van der Waals surface area contributed by atoms with Gasteiger partial charge in [-0.05, 0) is 40.7 Å². The molecule has 0 radical (unpaired) electrons. The van der Waals surface area contributed by atoms with Crippen LogP contribution in [-0.4, -0.2) is 20.7 Å². The molecule has 1 amide bonds. The first kappa shape index (κ1) is 18.1. The average Bonchev–Trinajstić information content (AvgIpc) is 3.03. The molecule has 8 heteroatoms. The fraction of sp³-hybridized carbons (Fsp3) is 0.500. The predicted octanol–water partition coefficient (Wildman–Crippen LogP) is 3.78. The SMILES string of the molecule is Cc1nn(C(C)(C)C)cc1C(C)NC(=O)c1c[nH]c(C(F)(F)F)c1. The number of hydrogen-bond acceptors (Lipinski definition) is 2. The van der Waals surface area contributed by atoms with Crippen LogP contribution in [0, 0.1) is 6.92 Å². The highest BCUT2D eigenvalue weighted by Gasteiger charge is 2.33. The number of aromatic amines is 1. The van der Waals surface area contributed by atoms with Crippen molar-refractivity contribution in [3.63, 3.8) is 0 Å². The van der Waals surface area contributed by atoms with Crippen LogP contribution >= 0.6 is 0 Å². The summed E-state index contributed by atoms with van der Waals surface area (Å²) in [5.41, 5.74) is 0.384. The van der Waals surface area contributed by atoms with E-state index in [-0.39, 0.29) is 17.1 Å². The summed E-state index contributed by atoms with van der Waals surface area (Å²) >= 11 is 0. The minimum atomic E-state index is -4.51. The fourth-order valence-corrected chi connectivity index (χ4v) is 2.29. The van der Waals surface area contributed by atoms with Crippen LogP contribution in [0.25, 0.3) is 0 Å². The van der Waals surface area contributed by atoms with Crippen LogP contribution in [0.15, 0.2) is 18.5 Å². The van der Waals surface area contributed by atoms with Crippen molar-refractivity contribution in [3.05, 3.63) is 41.0 Å². The third-order valence-electron chi connectivity index (χ3n) is 3.69. The standard InChI is InChI=1S/C16H21F3N4O/c1-9(12-8-23(15(3,4)5)22-10(12)2)21-14(24)11-6-13(20-7-11)16(17,18)19/h6-9,20H,1-5H3,(H,21,24). The van der Waals surface area contributed by atoms with Crippen LogP contribution in [0.3, 0.4) is 0 Å². The maximum absolute atomic E-state index is 12.6. The highest BCUT2D eigenvalue weighted by Crippen LogP contribution is 2.28. The maximum atomic E-state index is 12.6. The maximum Gasteiger partial charge on any atom is 0.431 e. The quantitative estimate of drug-likeness (QED) is 0.891. The highest BCUT2D eigenvalue weighted by molar-refractivity contribution is 5.94. The second-order valence-electron chi connectivity index (χ2n) is 6.78. The number of nitrogens with zero attached hydrogens (tertiary/aromatic N) is 2. The van der Waals surface area contributed by atoms with E-state index in [1.807, 2.05) is 33.9 Å². The zero-order valence-electron chi connectivity index (χ0n) is 14.2. The zero-order valence-corrected chi connectivity index (χ0v) is 14.2. The Morgan fingerprint density at radius 2 is 1.96 bits per heavy atom. The molecule has 0 aliphatic carbocycles. The molecule has 0 spiro atoms. The normalized spacial score (nSPS) is 13.8. The molecular formula is C16H21F3N4O. The molecule has 1 unspecified atom stereocenters. The number of alkyl halides is 3. The van der Waals surface area contributed by atoms with E-state index >= 15 is 0 Å². The summed E-state index contributed by atoms with van der Waals surface area (Å²) in [6.45, 7) is 9.62. The van der Waals surface area contributed by atoms with E-state index in [0.29, 0.717) is 0 Å². The number of aromatic nitrogens is 3. The van der Waals surface area contributed by atoms with Crippen molar-refractivity contribution >= 4 is 5.91 Å². The molecule has 2 aromatic rings. The average molecular weight is 342 g/mol. The van der Waals surface area contributed by atoms with Gasteiger partial charge in [-0.2, -0.15) is 18.3 Å². The monoisotopic (exact) mass is 342 g/mol. The van der Waals surface area contributed by atoms with Crippen LogP contribution in [0.5, 0.6) is 0 Å². The van der Waals surface area contributed by atoms with Crippen LogP contribution in [0.4, 0.5) is 13.2 Å². The lowest BCUT2D eigenvalue weighted by Crippen LogP contribution is -2.26. The third-order valence-corrected chi connectivity index (χ3v) is 3.69. The topological polar surface area (TPSA) is 62.7 Å². The molecule has 0 fully saturated rings. The van der Waals surface area contributed by atoms with Crippen molar-refractivity contribution in [2.75, 3.05) is 0 Å². The number of halogens is 3. The van der Waals surface area contributed by atoms with Gasteiger partial charge in [0.05, 0.1) is 22.8 Å². The first-order valence-electron chi connectivity index (χ1n) is 7.52. The Hall–Kier alpha value is -2.25. The number of rotatable bonds is 3. The number of amides is 1. The van der Waals surface area contributed by atoms with E-state index in [9.17, 15) is 18.0 Å². The number of nitrogens with one attached hydrogen (secondary N) is 2. The third kappa shape index (κ3) is 3.80. The van der Waals surface area contributed by atoms with E-state index < -0.39 is 17.8 Å². The first-order valence-corrected chi connectivity index (χ1v) is 7.52. The van der Waals surface area contributed by atoms with Crippen LogP contribution in [-0.2, 0) is 11.7 Å². The van der Waals surface area contributed by atoms with Crippen LogP contribution in [0.1, 0.15) is 61.0 Å². The lowest BCUT2D eigenvalue weighted by molar-refractivity contribution is -0.140. The van der Waals surface area contributed by atoms with Gasteiger partial charge < -0.3 is 10.3 Å². The van der Waals surface area contributed by atoms with E-state index in [0.717, 1.165) is 23.5 Å². The Kier molecular flexibility index (Phi) is 4.52. The molecule has 2 heterocycles. The van der Waals surface area contributed by atoms with E-state index in [1.165, 1.54) is 0 Å². The summed E-state index contributed by atoms with van der Waals surface area (Å²) in [7, 11) is 0. The summed E-state index contributed by atoms with van der Waals surface area (Å²) in [5, 5.41) is 7.13. The first-order chi connectivity index (χ1) is 10.9. The number of carbonyl (C=O) groups is 1. The number of carbonyl (C=O) groups excluding carboxylic acids is 1. The van der Waals surface area contributed by atoms with Crippen molar-refractivity contribution in [2.45, 2.75) is 52.4 Å². The Morgan fingerprint density at radius 1 is 1.33 bits per heavy atom. The van der Waals surface area contributed by atoms with Gasteiger partial charge in [0.1, 0.15) is 5.69 Å². The molecule has 2 N–H and O–H groups in total. The minimum absolute atomic E-state index is 0.0601. The van der Waals surface area contributed by atoms with Crippen LogP contribution in [0.2, 0.25) is 0 Å². The molecule has 0 aromatic carbocycles. The van der Waals surface area contributed by atoms with E-state index in [4.69, 9.17) is 0 Å². The predicted molar refractivity (Wildman–Crippen MR) is 83.6 cm³/mol. The lowest BCUT2D eigenvalue weighted by Gasteiger charge is -2.19. The molecule has 24 heavy (non-hydrogen) atoms. The molecule has 0 saturated heterocycles. The second-order valence-corrected chi connectivity index (χ2v) is 6.78. The van der Waals surface area contributed by atoms with Gasteiger partial charge in [-0.15, -0.1) is 0 Å². The highest BCUT2D eigenvalue weighted by atomic mass is 19.4. The van der Waals surface area contributed by atoms with Gasteiger partial charge in [0.2, 0.25) is 0 Å². The van der Waals surface area contributed by atoms with Crippen molar-refractivity contribution in [2.24, 2.45) is 0 Å². The van der Waals surface area contributed by atoms with Crippen molar-refractivity contribution in [1.82, 2.24) is 20.1 Å². The smallest absolute Gasteiger partial charge is 0.357 e. The molecule has 132 valence electrons. The summed E-state index contributed by atoms with van der Waals surface area (Å²) in [6.07, 6.45) is -1.61. The number of aryl methyl sites for hydroxylation is 1. The van der Waals surface area contributed by atoms with Gasteiger partial charge >= 0.3 is 6.18 Å². The van der Waals surface area contributed by atoms with Crippen molar-refractivity contribution in [3.8, 4) is 0 Å². The fourth-order valence-electron chi connectivity index (χ4n) is 2.29. The Morgan fingerprint density at radius 3 is 2.42 bits per heavy atom. The molecular weight excluding hydrogens is 321 g/mol. The molecule has 0 saturated carbocycles. The summed E-state index contributed by atoms with van der Waals surface area (Å²) < 4.78 is 39.6. The van der Waals surface area contributed by atoms with Crippen molar-refractivity contribution in [1.29, 1.82) is 0 Å². The molecule has 0 bridgehead atoms. The largest absolute Gasteiger partial charge is 0.431 e. The number of H-pyrrole nitrogens is 1. The number of hydrogen-bond donors (Lipinski definition) is 2. The van der Waals surface area contributed by atoms with Gasteiger partial charge in [0.25, 0.3) is 5.91 Å². The molecule has 0 aliphatic rings. The van der Waals surface area contributed by atoms with Gasteiger partial charge in [0, 0.05) is 18.0 Å². The second kappa shape index (κ2) is 5.99. The molecule has 2 rings (SSSR count). The zero-order chi connectivity index (χ0) is 18.3. The molecule has 0 aliphatic heterocycles. The molecule has 2 aromatic heterocycles.